The molecular weight excluding hydrogens is 558 g/mol. The number of rotatable bonds is 11. The lowest BCUT2D eigenvalue weighted by molar-refractivity contribution is 0.0696. The van der Waals surface area contributed by atoms with Gasteiger partial charge in [-0.2, -0.15) is 0 Å². The summed E-state index contributed by atoms with van der Waals surface area (Å²) in [6.07, 6.45) is 5.60. The Bertz CT molecular complexity index is 1280. The van der Waals surface area contributed by atoms with Crippen LogP contribution in [0.2, 0.25) is 0 Å². The average molecular weight is 610 g/mol. The lowest BCUT2D eigenvalue weighted by Crippen LogP contribution is -2.39. The van der Waals surface area contributed by atoms with E-state index in [0.29, 0.717) is 11.5 Å². The van der Waals surface area contributed by atoms with Gasteiger partial charge in [-0.3, -0.25) is 14.5 Å². The number of carbonyl (C=O) groups excluding carboxylic acids is 1. The number of carbonyl (C=O) groups is 2. The van der Waals surface area contributed by atoms with Crippen LogP contribution in [0.3, 0.4) is 0 Å². The molecule has 1 fully saturated rings. The van der Waals surface area contributed by atoms with Crippen molar-refractivity contribution < 1.29 is 14.7 Å². The molecule has 43 heavy (non-hydrogen) atoms. The van der Waals surface area contributed by atoms with Crippen molar-refractivity contribution in [3.05, 3.63) is 69.9 Å². The van der Waals surface area contributed by atoms with E-state index in [1.165, 1.54) is 11.9 Å². The predicted octanol–water partition coefficient (Wildman–Crippen LogP) is 7.78. The third-order valence-electron chi connectivity index (χ3n) is 7.53. The Balaban J connectivity index is 0.00000316. The van der Waals surface area contributed by atoms with E-state index in [9.17, 15) is 14.7 Å². The van der Waals surface area contributed by atoms with Crippen molar-refractivity contribution in [1.82, 2.24) is 15.0 Å². The van der Waals surface area contributed by atoms with E-state index < -0.39 is 5.97 Å². The fraction of sp³-hybridized carbons (Fsp3) is 0.529. The zero-order valence-corrected chi connectivity index (χ0v) is 28.4. The molecule has 1 aromatic heterocycles. The summed E-state index contributed by atoms with van der Waals surface area (Å²) in [5.41, 5.74) is 2.56. The molecule has 2 heterocycles. The first kappa shape index (κ1) is 36.0. The maximum Gasteiger partial charge on any atom is 0.335 e. The summed E-state index contributed by atoms with van der Waals surface area (Å²) in [4.78, 5) is 35.7. The highest BCUT2D eigenvalue weighted by atomic mass is 32.2. The zero-order chi connectivity index (χ0) is 32.4. The maximum atomic E-state index is 12.0. The van der Waals surface area contributed by atoms with Crippen LogP contribution >= 0.6 is 11.9 Å². The second kappa shape index (κ2) is 16.1. The van der Waals surface area contributed by atoms with Crippen molar-refractivity contribution >= 4 is 35.9 Å². The molecule has 3 rings (SSSR count). The van der Waals surface area contributed by atoms with Gasteiger partial charge in [0.2, 0.25) is 0 Å². The molecular formula is C34H51N5O3S. The quantitative estimate of drug-likeness (QED) is 0.103. The fourth-order valence-corrected chi connectivity index (χ4v) is 5.93. The number of carboxylic acids is 1. The molecule has 236 valence electrons. The van der Waals surface area contributed by atoms with E-state index in [0.717, 1.165) is 60.0 Å². The maximum absolute atomic E-state index is 12.0. The smallest absolute Gasteiger partial charge is 0.335 e. The monoisotopic (exact) mass is 609 g/mol. The van der Waals surface area contributed by atoms with E-state index >= 15 is 0 Å². The Kier molecular flexibility index (Phi) is 13.5. The lowest BCUT2D eigenvalue weighted by atomic mass is 9.90. The summed E-state index contributed by atoms with van der Waals surface area (Å²) < 4.78 is 3.08. The van der Waals surface area contributed by atoms with Crippen molar-refractivity contribution in [1.29, 1.82) is 0 Å². The summed E-state index contributed by atoms with van der Waals surface area (Å²) in [7, 11) is 1.87. The van der Waals surface area contributed by atoms with Crippen molar-refractivity contribution in [3.8, 4) is 0 Å². The van der Waals surface area contributed by atoms with Gasteiger partial charge in [-0.15, -0.1) is 0 Å². The summed E-state index contributed by atoms with van der Waals surface area (Å²) in [6.45, 7) is 19.6. The van der Waals surface area contributed by atoms with Crippen LogP contribution in [0.1, 0.15) is 120 Å². The minimum Gasteiger partial charge on any atom is -0.478 e. The second-order valence-electron chi connectivity index (χ2n) is 12.3. The van der Waals surface area contributed by atoms with Crippen LogP contribution in [0, 0.1) is 5.92 Å². The SMILES string of the molecule is C/C=C(\NC(C)=NC(CCC1CN(c2nc(C(C)(C)C)ccc2C=O)C(C)(C)C1)c1ccc(C(=O)O)cc1)SNC.CC. The third-order valence-corrected chi connectivity index (χ3v) is 8.30. The van der Waals surface area contributed by atoms with Crippen LogP contribution < -0.4 is 14.9 Å². The van der Waals surface area contributed by atoms with Crippen molar-refractivity contribution in [2.75, 3.05) is 18.5 Å². The van der Waals surface area contributed by atoms with Gasteiger partial charge in [0.05, 0.1) is 28.0 Å². The first-order valence-corrected chi connectivity index (χ1v) is 16.0. The molecule has 0 saturated carbocycles. The van der Waals surface area contributed by atoms with Crippen LogP contribution in [0.4, 0.5) is 5.82 Å². The fourth-order valence-electron chi connectivity index (χ4n) is 5.40. The number of amidine groups is 1. The van der Waals surface area contributed by atoms with Gasteiger partial charge < -0.3 is 15.3 Å². The molecule has 2 unspecified atom stereocenters. The van der Waals surface area contributed by atoms with Crippen molar-refractivity contribution in [3.63, 3.8) is 0 Å². The van der Waals surface area contributed by atoms with Gasteiger partial charge in [-0.05, 0) is 102 Å². The number of hydrogen-bond donors (Lipinski definition) is 3. The average Bonchev–Trinajstić information content (AvgIpc) is 3.28. The molecule has 0 aliphatic carbocycles. The van der Waals surface area contributed by atoms with E-state index in [4.69, 9.17) is 9.98 Å². The van der Waals surface area contributed by atoms with Gasteiger partial charge in [-0.25, -0.2) is 9.78 Å². The number of hydrogen-bond acceptors (Lipinski definition) is 7. The Hall–Kier alpha value is -3.17. The van der Waals surface area contributed by atoms with Gasteiger partial charge in [0.1, 0.15) is 5.82 Å². The molecule has 1 saturated heterocycles. The highest BCUT2D eigenvalue weighted by Gasteiger charge is 2.40. The molecule has 1 aliphatic rings. The van der Waals surface area contributed by atoms with E-state index in [1.54, 1.807) is 12.1 Å². The first-order chi connectivity index (χ1) is 20.3. The molecule has 9 heteroatoms. The van der Waals surface area contributed by atoms with Crippen molar-refractivity contribution in [2.45, 2.75) is 98.6 Å². The molecule has 2 aromatic rings. The predicted molar refractivity (Wildman–Crippen MR) is 181 cm³/mol. The molecule has 3 N–H and O–H groups in total. The standard InChI is InChI=1S/C32H45N5O3S.C2H6/c1-9-28(41-33-8)35-21(2)34-26(23-11-13-24(14-12-23)30(39)40)16-10-22-18-32(6,7)37(19-22)29-25(20-38)15-17-27(36-29)31(3,4)5;1-2/h9,11-15,17,20,22,26,33H,10,16,18-19H2,1-8H3,(H,34,35)(H,39,40);1-2H3/b28-9+;. The van der Waals surface area contributed by atoms with Gasteiger partial charge >= 0.3 is 5.97 Å². The number of aromatic carboxylic acids is 1. The van der Waals surface area contributed by atoms with Gasteiger partial charge in [0, 0.05) is 23.2 Å². The van der Waals surface area contributed by atoms with Crippen molar-refractivity contribution in [2.24, 2.45) is 10.9 Å². The Morgan fingerprint density at radius 2 is 1.86 bits per heavy atom. The minimum absolute atomic E-state index is 0.120. The number of anilines is 1. The van der Waals surface area contributed by atoms with Crippen LogP contribution in [-0.2, 0) is 5.41 Å². The number of aliphatic imine (C=N–C) groups is 1. The summed E-state index contributed by atoms with van der Waals surface area (Å²) in [5.74, 6) is 1.00. The minimum atomic E-state index is -0.941. The van der Waals surface area contributed by atoms with E-state index in [-0.39, 0.29) is 22.6 Å². The number of pyridine rings is 1. The lowest BCUT2D eigenvalue weighted by Gasteiger charge is -2.34. The number of allylic oxidation sites excluding steroid dienone is 1. The summed E-state index contributed by atoms with van der Waals surface area (Å²) >= 11 is 1.49. The topological polar surface area (TPSA) is 107 Å². The van der Waals surface area contributed by atoms with E-state index in [2.05, 4.69) is 49.6 Å². The zero-order valence-electron chi connectivity index (χ0n) is 27.6. The number of nitrogens with zero attached hydrogens (tertiary/aromatic N) is 3. The van der Waals surface area contributed by atoms with Gasteiger partial charge in [-0.1, -0.05) is 52.8 Å². The van der Waals surface area contributed by atoms with Gasteiger partial charge in [0.15, 0.2) is 6.29 Å². The number of aldehydes is 1. The molecule has 1 aromatic carbocycles. The Morgan fingerprint density at radius 1 is 1.21 bits per heavy atom. The molecule has 0 amide bonds. The van der Waals surface area contributed by atoms with Crippen LogP contribution in [0.5, 0.6) is 0 Å². The molecule has 1 aliphatic heterocycles. The summed E-state index contributed by atoms with van der Waals surface area (Å²) in [6, 6.07) is 10.7. The number of aromatic nitrogens is 1. The number of carboxylic acid groups (broad SMARTS) is 1. The Labute approximate surface area is 263 Å². The molecule has 8 nitrogen and oxygen atoms in total. The molecule has 0 bridgehead atoms. The number of nitrogens with one attached hydrogen (secondary N) is 2. The Morgan fingerprint density at radius 3 is 2.40 bits per heavy atom. The normalized spacial score (nSPS) is 17.6. The summed E-state index contributed by atoms with van der Waals surface area (Å²) in [5, 5.41) is 13.7. The van der Waals surface area contributed by atoms with Gasteiger partial charge in [0.25, 0.3) is 0 Å². The highest BCUT2D eigenvalue weighted by molar-refractivity contribution is 8.01. The van der Waals surface area contributed by atoms with E-state index in [1.807, 2.05) is 65.1 Å². The number of benzene rings is 1. The van der Waals surface area contributed by atoms with Crippen LogP contribution in [-0.4, -0.2) is 47.3 Å². The largest absolute Gasteiger partial charge is 0.478 e. The van der Waals surface area contributed by atoms with Crippen LogP contribution in [0.25, 0.3) is 0 Å². The molecule has 2 atom stereocenters. The first-order valence-electron chi connectivity index (χ1n) is 15.2. The third kappa shape index (κ3) is 9.93. The molecule has 0 spiro atoms. The highest BCUT2D eigenvalue weighted by Crippen LogP contribution is 2.41. The second-order valence-corrected chi connectivity index (χ2v) is 13.3. The van der Waals surface area contributed by atoms with Crippen LogP contribution in [0.15, 0.2) is 52.5 Å². The molecule has 0 radical (unpaired) electrons.